The zero-order valence-corrected chi connectivity index (χ0v) is 9.44. The molecule has 0 saturated heterocycles. The van der Waals surface area contributed by atoms with E-state index in [-0.39, 0.29) is 11.4 Å². The molecule has 0 bridgehead atoms. The van der Waals surface area contributed by atoms with Crippen LogP contribution in [0.25, 0.3) is 0 Å². The van der Waals surface area contributed by atoms with Crippen LogP contribution >= 0.6 is 15.9 Å². The SMILES string of the molecule is CC(Br)CO.O=C(O)c1ccccc1. The smallest absolute Gasteiger partial charge is 0.335 e. The maximum atomic E-state index is 10.2. The van der Waals surface area contributed by atoms with E-state index < -0.39 is 5.97 Å². The summed E-state index contributed by atoms with van der Waals surface area (Å²) in [6.45, 7) is 2.11. The maximum Gasteiger partial charge on any atom is 0.335 e. The quantitative estimate of drug-likeness (QED) is 0.802. The van der Waals surface area contributed by atoms with Gasteiger partial charge >= 0.3 is 5.97 Å². The molecule has 0 aromatic heterocycles. The Bertz CT molecular complexity index is 259. The van der Waals surface area contributed by atoms with Crippen molar-refractivity contribution >= 4 is 21.9 Å². The first-order valence-electron chi connectivity index (χ1n) is 4.11. The molecule has 0 aliphatic carbocycles. The Labute approximate surface area is 91.5 Å². The van der Waals surface area contributed by atoms with Crippen LogP contribution < -0.4 is 0 Å². The van der Waals surface area contributed by atoms with Gasteiger partial charge < -0.3 is 10.2 Å². The van der Waals surface area contributed by atoms with Gasteiger partial charge in [-0.05, 0) is 12.1 Å². The summed E-state index contributed by atoms with van der Waals surface area (Å²) >= 11 is 3.12. The average Bonchev–Trinajstić information content (AvgIpc) is 2.20. The fourth-order valence-electron chi connectivity index (χ4n) is 0.581. The molecule has 0 fully saturated rings. The standard InChI is InChI=1S/C7H6O2.C3H7BrO/c8-7(9)6-4-2-1-3-5-6;1-3(4)2-5/h1-5H,(H,8,9);3,5H,2H2,1H3. The van der Waals surface area contributed by atoms with Gasteiger partial charge in [0, 0.05) is 4.83 Å². The summed E-state index contributed by atoms with van der Waals surface area (Å²) in [4.78, 5) is 10.5. The minimum atomic E-state index is -0.879. The highest BCUT2D eigenvalue weighted by molar-refractivity contribution is 9.09. The molecule has 4 heteroatoms. The number of hydrogen-bond acceptors (Lipinski definition) is 2. The Morgan fingerprint density at radius 3 is 2.07 bits per heavy atom. The largest absolute Gasteiger partial charge is 0.478 e. The number of aromatic carboxylic acids is 1. The van der Waals surface area contributed by atoms with Crippen molar-refractivity contribution in [2.75, 3.05) is 6.61 Å². The Morgan fingerprint density at radius 2 is 1.86 bits per heavy atom. The number of halogens is 1. The molecule has 1 aromatic rings. The monoisotopic (exact) mass is 260 g/mol. The lowest BCUT2D eigenvalue weighted by Crippen LogP contribution is -1.93. The van der Waals surface area contributed by atoms with Crippen molar-refractivity contribution in [1.29, 1.82) is 0 Å². The third-order valence-electron chi connectivity index (χ3n) is 1.27. The number of carboxylic acids is 1. The van der Waals surface area contributed by atoms with Gasteiger partial charge in [-0.25, -0.2) is 4.79 Å². The number of carbonyl (C=O) groups is 1. The highest BCUT2D eigenvalue weighted by Crippen LogP contribution is 1.96. The predicted octanol–water partition coefficient (Wildman–Crippen LogP) is 2.15. The van der Waals surface area contributed by atoms with Crippen molar-refractivity contribution in [1.82, 2.24) is 0 Å². The lowest BCUT2D eigenvalue weighted by molar-refractivity contribution is 0.0697. The van der Waals surface area contributed by atoms with Crippen molar-refractivity contribution in [3.05, 3.63) is 35.9 Å². The first-order valence-corrected chi connectivity index (χ1v) is 5.02. The molecule has 0 amide bonds. The summed E-state index contributed by atoms with van der Waals surface area (Å²) in [5.74, 6) is -0.879. The fourth-order valence-corrected chi connectivity index (χ4v) is 0.581. The Balaban J connectivity index is 0.000000292. The van der Waals surface area contributed by atoms with E-state index in [1.165, 1.54) is 0 Å². The number of aliphatic hydroxyl groups is 1. The highest BCUT2D eigenvalue weighted by atomic mass is 79.9. The first-order chi connectivity index (χ1) is 6.57. The van der Waals surface area contributed by atoms with E-state index in [9.17, 15) is 4.79 Å². The topological polar surface area (TPSA) is 57.5 Å². The Kier molecular flexibility index (Phi) is 7.06. The summed E-state index contributed by atoms with van der Waals surface area (Å²) in [6.07, 6.45) is 0. The normalized spacial score (nSPS) is 11.1. The molecule has 0 saturated carbocycles. The summed E-state index contributed by atoms with van der Waals surface area (Å²) in [6, 6.07) is 8.30. The second-order valence-electron chi connectivity index (χ2n) is 2.63. The first kappa shape index (κ1) is 13.1. The van der Waals surface area contributed by atoms with Crippen molar-refractivity contribution in [3.63, 3.8) is 0 Å². The van der Waals surface area contributed by atoms with Gasteiger partial charge in [-0.15, -0.1) is 0 Å². The van der Waals surface area contributed by atoms with E-state index >= 15 is 0 Å². The predicted molar refractivity (Wildman–Crippen MR) is 58.9 cm³/mol. The average molecular weight is 261 g/mol. The van der Waals surface area contributed by atoms with Crippen molar-refractivity contribution in [3.8, 4) is 0 Å². The summed E-state index contributed by atoms with van der Waals surface area (Å²) < 4.78 is 0. The summed E-state index contributed by atoms with van der Waals surface area (Å²) in [5, 5.41) is 16.5. The zero-order valence-electron chi connectivity index (χ0n) is 7.85. The van der Waals surface area contributed by atoms with E-state index in [1.54, 1.807) is 30.3 Å². The van der Waals surface area contributed by atoms with E-state index in [2.05, 4.69) is 15.9 Å². The van der Waals surface area contributed by atoms with Crippen LogP contribution in [0.2, 0.25) is 0 Å². The minimum absolute atomic E-state index is 0.222. The van der Waals surface area contributed by atoms with E-state index in [4.69, 9.17) is 10.2 Å². The van der Waals surface area contributed by atoms with E-state index in [0.29, 0.717) is 5.56 Å². The van der Waals surface area contributed by atoms with Gasteiger partial charge in [0.25, 0.3) is 0 Å². The number of benzene rings is 1. The molecule has 0 radical (unpaired) electrons. The Hall–Kier alpha value is -0.870. The molecule has 1 aromatic carbocycles. The minimum Gasteiger partial charge on any atom is -0.478 e. The number of alkyl halides is 1. The van der Waals surface area contributed by atoms with Crippen LogP contribution in [-0.4, -0.2) is 27.6 Å². The van der Waals surface area contributed by atoms with Gasteiger partial charge in [-0.2, -0.15) is 0 Å². The lowest BCUT2D eigenvalue weighted by atomic mass is 10.2. The Morgan fingerprint density at radius 1 is 1.43 bits per heavy atom. The zero-order chi connectivity index (χ0) is 11.0. The van der Waals surface area contributed by atoms with Crippen LogP contribution in [0.4, 0.5) is 0 Å². The summed E-state index contributed by atoms with van der Waals surface area (Å²) in [7, 11) is 0. The molecular formula is C10H13BrO3. The molecule has 1 rings (SSSR count). The third kappa shape index (κ3) is 6.62. The molecule has 2 N–H and O–H groups in total. The van der Waals surface area contributed by atoms with Gasteiger partial charge in [0.15, 0.2) is 0 Å². The highest BCUT2D eigenvalue weighted by Gasteiger charge is 1.96. The molecular weight excluding hydrogens is 248 g/mol. The number of carboxylic acid groups (broad SMARTS) is 1. The van der Waals surface area contributed by atoms with Gasteiger partial charge in [-0.1, -0.05) is 41.1 Å². The van der Waals surface area contributed by atoms with Crippen LogP contribution in [-0.2, 0) is 0 Å². The second-order valence-corrected chi connectivity index (χ2v) is 4.20. The van der Waals surface area contributed by atoms with Crippen LogP contribution in [0.5, 0.6) is 0 Å². The van der Waals surface area contributed by atoms with Crippen LogP contribution in [0.15, 0.2) is 30.3 Å². The van der Waals surface area contributed by atoms with Gasteiger partial charge in [0.05, 0.1) is 12.2 Å². The summed E-state index contributed by atoms with van der Waals surface area (Å²) in [5.41, 5.74) is 0.331. The lowest BCUT2D eigenvalue weighted by Gasteiger charge is -1.88. The van der Waals surface area contributed by atoms with Crippen LogP contribution in [0.1, 0.15) is 17.3 Å². The van der Waals surface area contributed by atoms with Gasteiger partial charge in [0.1, 0.15) is 0 Å². The van der Waals surface area contributed by atoms with Crippen molar-refractivity contribution < 1.29 is 15.0 Å². The number of aliphatic hydroxyl groups excluding tert-OH is 1. The fraction of sp³-hybridized carbons (Fsp3) is 0.300. The molecule has 3 nitrogen and oxygen atoms in total. The van der Waals surface area contributed by atoms with Crippen LogP contribution in [0, 0.1) is 0 Å². The molecule has 0 aliphatic heterocycles. The molecule has 0 spiro atoms. The molecule has 14 heavy (non-hydrogen) atoms. The molecule has 1 unspecified atom stereocenters. The van der Waals surface area contributed by atoms with E-state index in [0.717, 1.165) is 0 Å². The maximum absolute atomic E-state index is 10.2. The third-order valence-corrected chi connectivity index (χ3v) is 1.56. The molecule has 0 heterocycles. The van der Waals surface area contributed by atoms with Gasteiger partial charge in [-0.3, -0.25) is 0 Å². The number of rotatable bonds is 2. The van der Waals surface area contributed by atoms with Crippen LogP contribution in [0.3, 0.4) is 0 Å². The molecule has 78 valence electrons. The molecule has 1 atom stereocenters. The molecule has 0 aliphatic rings. The van der Waals surface area contributed by atoms with Gasteiger partial charge in [0.2, 0.25) is 0 Å². The second kappa shape index (κ2) is 7.53. The number of hydrogen-bond donors (Lipinski definition) is 2. The van der Waals surface area contributed by atoms with E-state index in [1.807, 2.05) is 6.92 Å². The van der Waals surface area contributed by atoms with Crippen molar-refractivity contribution in [2.24, 2.45) is 0 Å². The van der Waals surface area contributed by atoms with Crippen molar-refractivity contribution in [2.45, 2.75) is 11.8 Å².